The lowest BCUT2D eigenvalue weighted by molar-refractivity contribution is -0.120. The minimum Gasteiger partial charge on any atom is -0.493 e. The van der Waals surface area contributed by atoms with Crippen molar-refractivity contribution < 1.29 is 19.0 Å². The summed E-state index contributed by atoms with van der Waals surface area (Å²) in [5.41, 5.74) is 6.54. The molecule has 1 amide bonds. The van der Waals surface area contributed by atoms with Crippen molar-refractivity contribution in [3.8, 4) is 17.2 Å². The van der Waals surface area contributed by atoms with E-state index in [0.717, 1.165) is 12.0 Å². The first kappa shape index (κ1) is 21.4. The topological polar surface area (TPSA) is 56.8 Å². The van der Waals surface area contributed by atoms with Gasteiger partial charge in [0, 0.05) is 18.4 Å². The summed E-state index contributed by atoms with van der Waals surface area (Å²) >= 11 is 0. The molecule has 2 bridgehead atoms. The second-order valence-electron chi connectivity index (χ2n) is 8.80. The number of benzene rings is 3. The van der Waals surface area contributed by atoms with Gasteiger partial charge in [0.2, 0.25) is 11.7 Å². The van der Waals surface area contributed by atoms with Gasteiger partial charge in [-0.1, -0.05) is 48.5 Å². The van der Waals surface area contributed by atoms with Gasteiger partial charge in [0.05, 0.1) is 27.8 Å². The Balaban J connectivity index is 1.32. The minimum absolute atomic E-state index is 0.00714. The van der Waals surface area contributed by atoms with Crippen molar-refractivity contribution in [2.24, 2.45) is 5.92 Å². The highest BCUT2D eigenvalue weighted by atomic mass is 16.5. The number of carbonyl (C=O) groups excluding carboxylic acids is 1. The van der Waals surface area contributed by atoms with Crippen LogP contribution in [0.3, 0.4) is 0 Å². The van der Waals surface area contributed by atoms with Crippen molar-refractivity contribution in [2.75, 3.05) is 27.9 Å². The summed E-state index contributed by atoms with van der Waals surface area (Å²) in [6.07, 6.45) is 1.31. The molecule has 33 heavy (non-hydrogen) atoms. The number of nitrogens with one attached hydrogen (secondary N) is 1. The standard InChI is InChI=1S/C28H29NO4/c1-31-24-12-17(13-25(32-2)28(24)33-3)14-26(30)29-16-18-15-23-19-8-4-6-10-21(19)27(18)22-11-7-5-9-20(22)23/h4-13,18,23,27H,14-16H2,1-3H3,(H,29,30). The molecule has 0 heterocycles. The van der Waals surface area contributed by atoms with Crippen LogP contribution >= 0.6 is 0 Å². The Morgan fingerprint density at radius 2 is 1.39 bits per heavy atom. The average Bonchev–Trinajstić information content (AvgIpc) is 2.87. The number of hydrogen-bond acceptors (Lipinski definition) is 4. The quantitative estimate of drug-likeness (QED) is 0.577. The molecule has 0 saturated heterocycles. The van der Waals surface area contributed by atoms with E-state index in [9.17, 15) is 4.79 Å². The van der Waals surface area contributed by atoms with Gasteiger partial charge in [0.15, 0.2) is 11.5 Å². The predicted octanol–water partition coefficient (Wildman–Crippen LogP) is 4.67. The van der Waals surface area contributed by atoms with Crippen LogP contribution in [0.4, 0.5) is 0 Å². The second-order valence-corrected chi connectivity index (χ2v) is 8.80. The molecule has 1 atom stereocenters. The molecular formula is C28H29NO4. The van der Waals surface area contributed by atoms with Crippen LogP contribution in [0.2, 0.25) is 0 Å². The largest absolute Gasteiger partial charge is 0.493 e. The molecule has 0 fully saturated rings. The van der Waals surface area contributed by atoms with Crippen molar-refractivity contribution in [1.82, 2.24) is 5.32 Å². The smallest absolute Gasteiger partial charge is 0.224 e. The number of carbonyl (C=O) groups is 1. The first-order valence-corrected chi connectivity index (χ1v) is 11.4. The van der Waals surface area contributed by atoms with E-state index in [1.54, 1.807) is 21.3 Å². The molecular weight excluding hydrogens is 414 g/mol. The fourth-order valence-corrected chi connectivity index (χ4v) is 5.69. The van der Waals surface area contributed by atoms with Gasteiger partial charge < -0.3 is 19.5 Å². The summed E-state index contributed by atoms with van der Waals surface area (Å²) in [5, 5.41) is 3.20. The second kappa shape index (κ2) is 8.81. The van der Waals surface area contributed by atoms with Crippen LogP contribution < -0.4 is 19.5 Å². The summed E-state index contributed by atoms with van der Waals surface area (Å²) < 4.78 is 16.2. The Hall–Kier alpha value is -3.47. The SMILES string of the molecule is COc1cc(CC(=O)NCC2CC3c4ccccc4C2c2ccccc23)cc(OC)c1OC. The van der Waals surface area contributed by atoms with E-state index in [4.69, 9.17) is 14.2 Å². The third-order valence-electron chi connectivity index (χ3n) is 7.07. The Bertz CT molecular complexity index is 1120. The zero-order chi connectivity index (χ0) is 22.9. The molecule has 3 aromatic rings. The lowest BCUT2D eigenvalue weighted by Gasteiger charge is -2.45. The monoisotopic (exact) mass is 443 g/mol. The zero-order valence-corrected chi connectivity index (χ0v) is 19.3. The van der Waals surface area contributed by atoms with E-state index in [1.807, 2.05) is 12.1 Å². The Morgan fingerprint density at radius 1 is 0.848 bits per heavy atom. The number of methoxy groups -OCH3 is 3. The van der Waals surface area contributed by atoms with Crippen LogP contribution in [-0.2, 0) is 11.2 Å². The van der Waals surface area contributed by atoms with Gasteiger partial charge in [0.25, 0.3) is 0 Å². The van der Waals surface area contributed by atoms with Gasteiger partial charge >= 0.3 is 0 Å². The van der Waals surface area contributed by atoms with E-state index < -0.39 is 0 Å². The Kier molecular flexibility index (Phi) is 5.71. The minimum atomic E-state index is -0.00714. The highest BCUT2D eigenvalue weighted by molar-refractivity contribution is 5.79. The molecule has 3 aromatic carbocycles. The van der Waals surface area contributed by atoms with E-state index in [0.29, 0.717) is 41.5 Å². The fourth-order valence-electron chi connectivity index (χ4n) is 5.69. The van der Waals surface area contributed by atoms with Crippen LogP contribution in [0.15, 0.2) is 60.7 Å². The third kappa shape index (κ3) is 3.71. The van der Waals surface area contributed by atoms with Crippen LogP contribution in [0, 0.1) is 5.92 Å². The molecule has 0 aliphatic heterocycles. The number of amides is 1. The molecule has 0 saturated carbocycles. The van der Waals surface area contributed by atoms with Gasteiger partial charge in [-0.25, -0.2) is 0 Å². The molecule has 3 aliphatic rings. The van der Waals surface area contributed by atoms with Gasteiger partial charge in [-0.05, 0) is 52.3 Å². The van der Waals surface area contributed by atoms with Crippen molar-refractivity contribution in [2.45, 2.75) is 24.7 Å². The van der Waals surface area contributed by atoms with Gasteiger partial charge in [-0.3, -0.25) is 4.79 Å². The number of fused-ring (bicyclic) bond motifs is 1. The predicted molar refractivity (Wildman–Crippen MR) is 127 cm³/mol. The normalized spacial score (nSPS) is 19.9. The lowest BCUT2D eigenvalue weighted by atomic mass is 9.59. The van der Waals surface area contributed by atoms with Gasteiger partial charge in [-0.2, -0.15) is 0 Å². The highest BCUT2D eigenvalue weighted by Crippen LogP contribution is 2.55. The van der Waals surface area contributed by atoms with Gasteiger partial charge in [-0.15, -0.1) is 0 Å². The lowest BCUT2D eigenvalue weighted by Crippen LogP contribution is -2.39. The Labute approximate surface area is 194 Å². The van der Waals surface area contributed by atoms with Crippen molar-refractivity contribution in [3.05, 3.63) is 88.5 Å². The van der Waals surface area contributed by atoms with Crippen LogP contribution in [0.1, 0.15) is 46.1 Å². The number of hydrogen-bond donors (Lipinski definition) is 1. The maximum absolute atomic E-state index is 12.9. The molecule has 5 heteroatoms. The summed E-state index contributed by atoms with van der Waals surface area (Å²) in [6, 6.07) is 21.2. The molecule has 5 nitrogen and oxygen atoms in total. The maximum atomic E-state index is 12.9. The summed E-state index contributed by atoms with van der Waals surface area (Å²) in [7, 11) is 4.73. The first-order valence-electron chi connectivity index (χ1n) is 11.4. The van der Waals surface area contributed by atoms with E-state index in [2.05, 4.69) is 53.8 Å². The highest BCUT2D eigenvalue weighted by Gasteiger charge is 2.42. The number of rotatable bonds is 7. The molecule has 6 rings (SSSR count). The molecule has 1 unspecified atom stereocenters. The maximum Gasteiger partial charge on any atom is 0.224 e. The van der Waals surface area contributed by atoms with E-state index in [-0.39, 0.29) is 12.3 Å². The van der Waals surface area contributed by atoms with E-state index >= 15 is 0 Å². The third-order valence-corrected chi connectivity index (χ3v) is 7.07. The molecule has 3 aliphatic carbocycles. The zero-order valence-electron chi connectivity index (χ0n) is 19.3. The Morgan fingerprint density at radius 3 is 1.91 bits per heavy atom. The van der Waals surface area contributed by atoms with Crippen molar-refractivity contribution in [3.63, 3.8) is 0 Å². The number of ether oxygens (including phenoxy) is 3. The molecule has 1 N–H and O–H groups in total. The average molecular weight is 444 g/mol. The van der Waals surface area contributed by atoms with Crippen LogP contribution in [-0.4, -0.2) is 33.8 Å². The molecule has 0 spiro atoms. The first-order chi connectivity index (χ1) is 16.1. The van der Waals surface area contributed by atoms with Crippen molar-refractivity contribution in [1.29, 1.82) is 0 Å². The summed E-state index contributed by atoms with van der Waals surface area (Å²) in [6.45, 7) is 0.660. The van der Waals surface area contributed by atoms with Crippen molar-refractivity contribution >= 4 is 5.91 Å². The summed E-state index contributed by atoms with van der Waals surface area (Å²) in [4.78, 5) is 12.9. The summed E-state index contributed by atoms with van der Waals surface area (Å²) in [5.74, 6) is 2.73. The van der Waals surface area contributed by atoms with Crippen LogP contribution in [0.5, 0.6) is 17.2 Å². The van der Waals surface area contributed by atoms with Crippen LogP contribution in [0.25, 0.3) is 0 Å². The molecule has 0 aromatic heterocycles. The molecule has 170 valence electrons. The van der Waals surface area contributed by atoms with E-state index in [1.165, 1.54) is 22.3 Å². The fraction of sp³-hybridized carbons (Fsp3) is 0.321. The molecule has 0 radical (unpaired) electrons. The van der Waals surface area contributed by atoms with Gasteiger partial charge in [0.1, 0.15) is 0 Å².